The molecule has 0 spiro atoms. The molecule has 1 amide bonds. The minimum absolute atomic E-state index is 0.0795. The quantitative estimate of drug-likeness (QED) is 0.247. The second-order valence-corrected chi connectivity index (χ2v) is 9.74. The van der Waals surface area contributed by atoms with E-state index in [1.165, 1.54) is 28.1 Å². The minimum Gasteiger partial charge on any atom is -0.493 e. The number of nitrogens with zero attached hydrogens (tertiary/aromatic N) is 2. The summed E-state index contributed by atoms with van der Waals surface area (Å²) in [4.78, 5) is 19.8. The molecule has 1 saturated heterocycles. The summed E-state index contributed by atoms with van der Waals surface area (Å²) in [6.07, 6.45) is 2.84. The summed E-state index contributed by atoms with van der Waals surface area (Å²) in [5.41, 5.74) is 4.05. The number of hydrogen-bond acceptors (Lipinski definition) is 5. The van der Waals surface area contributed by atoms with Crippen LogP contribution in [0.4, 0.5) is 5.69 Å². The molecule has 5 rings (SSSR count). The van der Waals surface area contributed by atoms with Crippen molar-refractivity contribution in [2.45, 2.75) is 20.0 Å². The molecular formula is C31H28N2O3S. The van der Waals surface area contributed by atoms with Gasteiger partial charge in [-0.05, 0) is 76.0 Å². The van der Waals surface area contributed by atoms with E-state index in [0.717, 1.165) is 23.2 Å². The fourth-order valence-electron chi connectivity index (χ4n) is 4.19. The molecule has 1 heterocycles. The van der Waals surface area contributed by atoms with Gasteiger partial charge in [0.15, 0.2) is 16.7 Å². The first kappa shape index (κ1) is 24.7. The van der Waals surface area contributed by atoms with Crippen molar-refractivity contribution in [2.75, 3.05) is 14.2 Å². The highest BCUT2D eigenvalue weighted by molar-refractivity contribution is 8.18. The molecule has 1 aliphatic rings. The van der Waals surface area contributed by atoms with Gasteiger partial charge in [0, 0.05) is 7.05 Å². The first-order valence-corrected chi connectivity index (χ1v) is 13.0. The Balaban J connectivity index is 1.34. The standard InChI is InChI=1S/C31H28N2O3S/c1-4-21-12-15-25(16-13-21)32-31-33(2)30(34)29(37-31)19-22-14-17-27(28(18-22)35-3)36-20-24-10-7-9-23-8-5-6-11-26(23)24/h5-19H,4,20H2,1-3H3/b29-19+,32-31?. The van der Waals surface area contributed by atoms with Crippen molar-refractivity contribution in [1.82, 2.24) is 4.90 Å². The van der Waals surface area contributed by atoms with Gasteiger partial charge in [-0.1, -0.05) is 67.6 Å². The molecule has 0 aromatic heterocycles. The maximum absolute atomic E-state index is 12.9. The number of rotatable bonds is 7. The summed E-state index contributed by atoms with van der Waals surface area (Å²) < 4.78 is 11.8. The number of methoxy groups -OCH3 is 1. The lowest BCUT2D eigenvalue weighted by molar-refractivity contribution is -0.121. The summed E-state index contributed by atoms with van der Waals surface area (Å²) in [6, 6.07) is 28.3. The highest BCUT2D eigenvalue weighted by Crippen LogP contribution is 2.35. The molecule has 4 aromatic carbocycles. The number of amidine groups is 1. The topological polar surface area (TPSA) is 51.1 Å². The van der Waals surface area contributed by atoms with E-state index in [-0.39, 0.29) is 5.91 Å². The van der Waals surface area contributed by atoms with Crippen molar-refractivity contribution in [3.05, 3.63) is 107 Å². The lowest BCUT2D eigenvalue weighted by Gasteiger charge is -2.13. The number of carbonyl (C=O) groups is 1. The van der Waals surface area contributed by atoms with Gasteiger partial charge in [0.2, 0.25) is 0 Å². The fourth-order valence-corrected chi connectivity index (χ4v) is 5.17. The molecule has 0 bridgehead atoms. The van der Waals surface area contributed by atoms with Gasteiger partial charge in [0.25, 0.3) is 5.91 Å². The number of carbonyl (C=O) groups excluding carboxylic acids is 1. The van der Waals surface area contributed by atoms with Crippen molar-refractivity contribution in [3.8, 4) is 11.5 Å². The van der Waals surface area contributed by atoms with Gasteiger partial charge in [-0.25, -0.2) is 4.99 Å². The molecule has 0 unspecified atom stereocenters. The zero-order valence-electron chi connectivity index (χ0n) is 21.1. The number of benzene rings is 4. The smallest absolute Gasteiger partial charge is 0.266 e. The van der Waals surface area contributed by atoms with Gasteiger partial charge in [-0.15, -0.1) is 0 Å². The van der Waals surface area contributed by atoms with Gasteiger partial charge in [0.1, 0.15) is 6.61 Å². The molecule has 186 valence electrons. The Labute approximate surface area is 221 Å². The van der Waals surface area contributed by atoms with Crippen molar-refractivity contribution >= 4 is 45.4 Å². The molecule has 0 saturated carbocycles. The van der Waals surface area contributed by atoms with Gasteiger partial charge in [-0.2, -0.15) is 0 Å². The molecular weight excluding hydrogens is 480 g/mol. The summed E-state index contributed by atoms with van der Waals surface area (Å²) in [5, 5.41) is 3.01. The zero-order valence-corrected chi connectivity index (χ0v) is 21.9. The van der Waals surface area contributed by atoms with Crippen molar-refractivity contribution in [3.63, 3.8) is 0 Å². The Kier molecular flexibility index (Phi) is 7.28. The van der Waals surface area contributed by atoms with E-state index in [4.69, 9.17) is 9.47 Å². The van der Waals surface area contributed by atoms with E-state index in [9.17, 15) is 4.79 Å². The molecule has 0 radical (unpaired) electrons. The van der Waals surface area contributed by atoms with Crippen LogP contribution >= 0.6 is 11.8 Å². The summed E-state index contributed by atoms with van der Waals surface area (Å²) in [6.45, 7) is 2.55. The first-order chi connectivity index (χ1) is 18.1. The number of amides is 1. The van der Waals surface area contributed by atoms with E-state index in [1.807, 2.05) is 54.6 Å². The van der Waals surface area contributed by atoms with Gasteiger partial charge < -0.3 is 9.47 Å². The van der Waals surface area contributed by atoms with Crippen molar-refractivity contribution in [2.24, 2.45) is 4.99 Å². The molecule has 1 fully saturated rings. The Morgan fingerprint density at radius 1 is 0.946 bits per heavy atom. The van der Waals surface area contributed by atoms with Crippen LogP contribution in [-0.2, 0) is 17.8 Å². The van der Waals surface area contributed by atoms with E-state index in [2.05, 4.69) is 48.3 Å². The van der Waals surface area contributed by atoms with Crippen LogP contribution in [-0.4, -0.2) is 30.1 Å². The van der Waals surface area contributed by atoms with Crippen LogP contribution in [0.5, 0.6) is 11.5 Å². The number of hydrogen-bond donors (Lipinski definition) is 0. The minimum atomic E-state index is -0.0795. The predicted molar refractivity (Wildman–Crippen MR) is 153 cm³/mol. The van der Waals surface area contributed by atoms with Gasteiger partial charge in [0.05, 0.1) is 17.7 Å². The highest BCUT2D eigenvalue weighted by Gasteiger charge is 2.30. The van der Waals surface area contributed by atoms with Crippen LogP contribution in [0, 0.1) is 0 Å². The summed E-state index contributed by atoms with van der Waals surface area (Å²) in [5.74, 6) is 1.19. The number of ether oxygens (including phenoxy) is 2. The largest absolute Gasteiger partial charge is 0.493 e. The highest BCUT2D eigenvalue weighted by atomic mass is 32.2. The normalized spacial score (nSPS) is 15.6. The third-order valence-electron chi connectivity index (χ3n) is 6.32. The predicted octanol–water partition coefficient (Wildman–Crippen LogP) is 7.22. The van der Waals surface area contributed by atoms with Crippen LogP contribution in [0.1, 0.15) is 23.6 Å². The molecule has 5 nitrogen and oxygen atoms in total. The SMILES string of the molecule is CCc1ccc(N=C2S/C(=C/c3ccc(OCc4cccc5ccccc45)c(OC)c3)C(=O)N2C)cc1. The molecule has 1 aliphatic heterocycles. The monoisotopic (exact) mass is 508 g/mol. The lowest BCUT2D eigenvalue weighted by Crippen LogP contribution is -2.23. The maximum atomic E-state index is 12.9. The van der Waals surface area contributed by atoms with Crippen LogP contribution < -0.4 is 9.47 Å². The second kappa shape index (κ2) is 10.9. The van der Waals surface area contributed by atoms with Gasteiger partial charge >= 0.3 is 0 Å². The number of aryl methyl sites for hydroxylation is 1. The Hall–Kier alpha value is -4.03. The molecule has 0 aliphatic carbocycles. The second-order valence-electron chi connectivity index (χ2n) is 8.73. The molecule has 0 atom stereocenters. The average molecular weight is 509 g/mol. The zero-order chi connectivity index (χ0) is 25.8. The molecule has 6 heteroatoms. The Bertz CT molecular complexity index is 1500. The Morgan fingerprint density at radius 3 is 2.51 bits per heavy atom. The van der Waals surface area contributed by atoms with Gasteiger partial charge in [-0.3, -0.25) is 9.69 Å². The molecule has 4 aromatic rings. The molecule has 37 heavy (non-hydrogen) atoms. The van der Waals surface area contributed by atoms with Crippen LogP contribution in [0.2, 0.25) is 0 Å². The third kappa shape index (κ3) is 5.39. The van der Waals surface area contributed by atoms with Crippen LogP contribution in [0.15, 0.2) is 94.8 Å². The van der Waals surface area contributed by atoms with E-state index < -0.39 is 0 Å². The van der Waals surface area contributed by atoms with Crippen molar-refractivity contribution < 1.29 is 14.3 Å². The van der Waals surface area contributed by atoms with E-state index in [1.54, 1.807) is 19.1 Å². The summed E-state index contributed by atoms with van der Waals surface area (Å²) in [7, 11) is 3.37. The van der Waals surface area contributed by atoms with Crippen molar-refractivity contribution in [1.29, 1.82) is 0 Å². The average Bonchev–Trinajstić information content (AvgIpc) is 3.20. The third-order valence-corrected chi connectivity index (χ3v) is 7.38. The fraction of sp³-hybridized carbons (Fsp3) is 0.161. The van der Waals surface area contributed by atoms with E-state index >= 15 is 0 Å². The van der Waals surface area contributed by atoms with E-state index in [0.29, 0.717) is 28.2 Å². The molecule has 0 N–H and O–H groups in total. The lowest BCUT2D eigenvalue weighted by atomic mass is 10.1. The first-order valence-electron chi connectivity index (χ1n) is 12.2. The number of fused-ring (bicyclic) bond motifs is 1. The maximum Gasteiger partial charge on any atom is 0.266 e. The summed E-state index contributed by atoms with van der Waals surface area (Å²) >= 11 is 1.37. The number of aliphatic imine (C=N–C) groups is 1. The number of thioether (sulfide) groups is 1. The van der Waals surface area contributed by atoms with Crippen LogP contribution in [0.25, 0.3) is 16.8 Å². The number of likely N-dealkylation sites (N-methyl/N-ethyl adjacent to an activating group) is 1. The Morgan fingerprint density at radius 2 is 1.73 bits per heavy atom. The van der Waals surface area contributed by atoms with Crippen LogP contribution in [0.3, 0.4) is 0 Å².